The lowest BCUT2D eigenvalue weighted by Gasteiger charge is -2.26. The number of hydrogen-bond donors (Lipinski definition) is 2. The monoisotopic (exact) mass is 313 g/mol. The van der Waals surface area contributed by atoms with Crippen molar-refractivity contribution in [3.05, 3.63) is 29.3 Å². The van der Waals surface area contributed by atoms with Gasteiger partial charge in [0.1, 0.15) is 5.54 Å². The van der Waals surface area contributed by atoms with Gasteiger partial charge in [-0.1, -0.05) is 11.6 Å². The lowest BCUT2D eigenvalue weighted by Crippen LogP contribution is -2.54. The van der Waals surface area contributed by atoms with E-state index in [1.165, 1.54) is 11.8 Å². The molecule has 2 N–H and O–H groups in total. The maximum absolute atomic E-state index is 11.9. The van der Waals surface area contributed by atoms with E-state index in [4.69, 9.17) is 11.6 Å². The van der Waals surface area contributed by atoms with Crippen molar-refractivity contribution in [3.8, 4) is 0 Å². The largest absolute Gasteiger partial charge is 0.480 e. The van der Waals surface area contributed by atoms with Gasteiger partial charge in [-0.2, -0.15) is 0 Å². The fourth-order valence-electron chi connectivity index (χ4n) is 2.00. The molecule has 1 aliphatic carbocycles. The topological polar surface area (TPSA) is 66.4 Å². The average molecular weight is 314 g/mol. The molecule has 1 aromatic rings. The Hall–Kier alpha value is -1.20. The summed E-state index contributed by atoms with van der Waals surface area (Å²) in [6.07, 6.45) is 1.71. The second-order valence-electron chi connectivity index (χ2n) is 5.07. The predicted octanol–water partition coefficient (Wildman–Crippen LogP) is 2.80. The maximum atomic E-state index is 11.9. The fraction of sp³-hybridized carbons (Fsp3) is 0.429. The van der Waals surface area contributed by atoms with Gasteiger partial charge in [0.25, 0.3) is 0 Å². The smallest absolute Gasteiger partial charge is 0.329 e. The minimum atomic E-state index is -1.14. The first kappa shape index (κ1) is 15.2. The van der Waals surface area contributed by atoms with Gasteiger partial charge in [0.15, 0.2) is 0 Å². The van der Waals surface area contributed by atoms with E-state index in [0.717, 1.165) is 17.7 Å². The first-order valence-corrected chi connectivity index (χ1v) is 7.71. The first-order chi connectivity index (χ1) is 9.41. The van der Waals surface area contributed by atoms with E-state index >= 15 is 0 Å². The van der Waals surface area contributed by atoms with Gasteiger partial charge in [0, 0.05) is 9.92 Å². The summed E-state index contributed by atoms with van der Waals surface area (Å²) in [5.41, 5.74) is -1.14. The number of halogens is 1. The summed E-state index contributed by atoms with van der Waals surface area (Å²) in [4.78, 5) is 24.2. The van der Waals surface area contributed by atoms with Crippen molar-refractivity contribution < 1.29 is 14.7 Å². The average Bonchev–Trinajstić information content (AvgIpc) is 3.22. The summed E-state index contributed by atoms with van der Waals surface area (Å²) in [5.74, 6) is -0.993. The molecule has 2 rings (SSSR count). The summed E-state index contributed by atoms with van der Waals surface area (Å²) in [7, 11) is 0. The lowest BCUT2D eigenvalue weighted by molar-refractivity contribution is -0.147. The van der Waals surface area contributed by atoms with Crippen LogP contribution in [0.15, 0.2) is 29.2 Å². The van der Waals surface area contributed by atoms with E-state index in [2.05, 4.69) is 5.32 Å². The van der Waals surface area contributed by atoms with Crippen LogP contribution in [-0.2, 0) is 9.59 Å². The van der Waals surface area contributed by atoms with Gasteiger partial charge in [0.2, 0.25) is 5.91 Å². The molecule has 0 aromatic heterocycles. The van der Waals surface area contributed by atoms with Crippen molar-refractivity contribution in [1.29, 1.82) is 0 Å². The van der Waals surface area contributed by atoms with Crippen LogP contribution in [0.25, 0.3) is 0 Å². The Bertz CT molecular complexity index is 516. The molecule has 4 nitrogen and oxygen atoms in total. The van der Waals surface area contributed by atoms with Gasteiger partial charge in [-0.15, -0.1) is 11.8 Å². The minimum absolute atomic E-state index is 0.0458. The van der Waals surface area contributed by atoms with Crippen LogP contribution in [0.5, 0.6) is 0 Å². The molecule has 0 bridgehead atoms. The second-order valence-corrected chi connectivity index (χ2v) is 6.56. The summed E-state index contributed by atoms with van der Waals surface area (Å²) in [5, 5.41) is 12.6. The summed E-state index contributed by atoms with van der Waals surface area (Å²) in [6.45, 7) is 1.58. The van der Waals surface area contributed by atoms with Crippen molar-refractivity contribution in [3.63, 3.8) is 0 Å². The molecule has 20 heavy (non-hydrogen) atoms. The molecule has 6 heteroatoms. The van der Waals surface area contributed by atoms with E-state index < -0.39 is 11.5 Å². The van der Waals surface area contributed by atoms with Gasteiger partial charge in [-0.05, 0) is 49.9 Å². The number of carbonyl (C=O) groups excluding carboxylic acids is 1. The highest BCUT2D eigenvalue weighted by Crippen LogP contribution is 2.39. The predicted molar refractivity (Wildman–Crippen MR) is 79.1 cm³/mol. The van der Waals surface area contributed by atoms with Crippen LogP contribution in [0.4, 0.5) is 0 Å². The summed E-state index contributed by atoms with van der Waals surface area (Å²) < 4.78 is 0. The standard InChI is InChI=1S/C14H16ClNO3S/c1-14(13(18)19,9-2-3-9)16-12(17)8-20-11-6-4-10(15)5-7-11/h4-7,9H,2-3,8H2,1H3,(H,16,17)(H,18,19). The van der Waals surface area contributed by atoms with Gasteiger partial charge < -0.3 is 10.4 Å². The normalized spacial score (nSPS) is 17.3. The molecule has 1 fully saturated rings. The maximum Gasteiger partial charge on any atom is 0.329 e. The van der Waals surface area contributed by atoms with Crippen molar-refractivity contribution in [2.24, 2.45) is 5.92 Å². The Morgan fingerprint density at radius 1 is 1.40 bits per heavy atom. The number of aliphatic carboxylic acids is 1. The number of carboxylic acid groups (broad SMARTS) is 1. The fourth-order valence-corrected chi connectivity index (χ4v) is 2.82. The molecule has 1 aromatic carbocycles. The second kappa shape index (κ2) is 6.06. The number of hydrogen-bond acceptors (Lipinski definition) is 3. The highest BCUT2D eigenvalue weighted by atomic mass is 35.5. The molecule has 0 spiro atoms. The van der Waals surface area contributed by atoms with Crippen LogP contribution in [0.3, 0.4) is 0 Å². The zero-order chi connectivity index (χ0) is 14.8. The van der Waals surface area contributed by atoms with Crippen LogP contribution in [0.1, 0.15) is 19.8 Å². The first-order valence-electron chi connectivity index (χ1n) is 6.34. The van der Waals surface area contributed by atoms with Crippen molar-refractivity contribution in [1.82, 2.24) is 5.32 Å². The van der Waals surface area contributed by atoms with Crippen molar-refractivity contribution in [2.75, 3.05) is 5.75 Å². The number of carbonyl (C=O) groups is 2. The molecule has 1 saturated carbocycles. The van der Waals surface area contributed by atoms with Crippen LogP contribution in [0.2, 0.25) is 5.02 Å². The zero-order valence-electron chi connectivity index (χ0n) is 11.1. The number of nitrogens with one attached hydrogen (secondary N) is 1. The SMILES string of the molecule is CC(NC(=O)CSc1ccc(Cl)cc1)(C(=O)O)C1CC1. The van der Waals surface area contributed by atoms with Gasteiger partial charge in [0.05, 0.1) is 5.75 Å². The van der Waals surface area contributed by atoms with Crippen LogP contribution >= 0.6 is 23.4 Å². The van der Waals surface area contributed by atoms with Crippen LogP contribution < -0.4 is 5.32 Å². The van der Waals surface area contributed by atoms with Gasteiger partial charge in [-0.25, -0.2) is 4.79 Å². The molecular formula is C14H16ClNO3S. The third-order valence-corrected chi connectivity index (χ3v) is 4.68. The molecule has 0 heterocycles. The van der Waals surface area contributed by atoms with E-state index in [9.17, 15) is 14.7 Å². The zero-order valence-corrected chi connectivity index (χ0v) is 12.6. The molecule has 1 aliphatic rings. The number of benzene rings is 1. The number of thioether (sulfide) groups is 1. The van der Waals surface area contributed by atoms with Crippen molar-refractivity contribution >= 4 is 35.2 Å². The Labute approximate surface area is 126 Å². The van der Waals surface area contributed by atoms with Crippen molar-refractivity contribution in [2.45, 2.75) is 30.2 Å². The molecule has 108 valence electrons. The van der Waals surface area contributed by atoms with E-state index in [0.29, 0.717) is 5.02 Å². The molecule has 1 unspecified atom stereocenters. The quantitative estimate of drug-likeness (QED) is 0.793. The van der Waals surface area contributed by atoms with E-state index in [1.807, 2.05) is 12.1 Å². The van der Waals surface area contributed by atoms with Gasteiger partial charge in [-0.3, -0.25) is 4.79 Å². The Morgan fingerprint density at radius 2 is 2.00 bits per heavy atom. The number of amides is 1. The van der Waals surface area contributed by atoms with E-state index in [1.54, 1.807) is 19.1 Å². The lowest BCUT2D eigenvalue weighted by atomic mass is 9.96. The third kappa shape index (κ3) is 3.67. The Kier molecular flexibility index (Phi) is 4.60. The number of carboxylic acids is 1. The van der Waals surface area contributed by atoms with Crippen LogP contribution in [0, 0.1) is 5.92 Å². The summed E-state index contributed by atoms with van der Waals surface area (Å²) in [6, 6.07) is 7.18. The highest BCUT2D eigenvalue weighted by Gasteiger charge is 2.48. The number of rotatable bonds is 6. The minimum Gasteiger partial charge on any atom is -0.480 e. The summed E-state index contributed by atoms with van der Waals surface area (Å²) >= 11 is 7.14. The van der Waals surface area contributed by atoms with Gasteiger partial charge >= 0.3 is 5.97 Å². The third-order valence-electron chi connectivity index (χ3n) is 3.42. The molecule has 0 saturated heterocycles. The molecule has 0 aliphatic heterocycles. The highest BCUT2D eigenvalue weighted by molar-refractivity contribution is 8.00. The Balaban J connectivity index is 1.88. The van der Waals surface area contributed by atoms with Crippen LogP contribution in [-0.4, -0.2) is 28.3 Å². The molecule has 1 atom stereocenters. The molecule has 0 radical (unpaired) electrons. The van der Waals surface area contributed by atoms with E-state index in [-0.39, 0.29) is 17.6 Å². The Morgan fingerprint density at radius 3 is 2.50 bits per heavy atom. The molecule has 1 amide bonds. The molecular weight excluding hydrogens is 298 g/mol.